The highest BCUT2D eigenvalue weighted by atomic mass is 32.2. The van der Waals surface area contributed by atoms with Gasteiger partial charge in [0.05, 0.1) is 25.4 Å². The van der Waals surface area contributed by atoms with Crippen LogP contribution < -0.4 is 20.2 Å². The van der Waals surface area contributed by atoms with Crippen molar-refractivity contribution in [2.24, 2.45) is 0 Å². The third-order valence-corrected chi connectivity index (χ3v) is 7.40. The van der Waals surface area contributed by atoms with Crippen LogP contribution in [0.3, 0.4) is 0 Å². The number of rotatable bonds is 7. The normalized spacial score (nSPS) is 14.0. The predicted octanol–water partition coefficient (Wildman–Crippen LogP) is 1.93. The van der Waals surface area contributed by atoms with Gasteiger partial charge in [-0.15, -0.1) is 0 Å². The lowest BCUT2D eigenvalue weighted by atomic mass is 10.0. The largest absolute Gasteiger partial charge is 0.493 e. The zero-order valence-corrected chi connectivity index (χ0v) is 19.1. The van der Waals surface area contributed by atoms with E-state index in [4.69, 9.17) is 13.9 Å². The number of benzene rings is 2. The fraction of sp³-hybridized carbons (Fsp3) is 0.304. The Balaban J connectivity index is 1.41. The van der Waals surface area contributed by atoms with Crippen LogP contribution in [-0.4, -0.2) is 51.7 Å². The van der Waals surface area contributed by atoms with E-state index in [-0.39, 0.29) is 30.0 Å². The number of carbonyl (C=O) groups excluding carboxylic acids is 1. The van der Waals surface area contributed by atoms with Crippen molar-refractivity contribution in [1.29, 1.82) is 0 Å². The van der Waals surface area contributed by atoms with E-state index in [1.54, 1.807) is 37.4 Å². The van der Waals surface area contributed by atoms with Crippen molar-refractivity contribution in [2.75, 3.05) is 33.1 Å². The van der Waals surface area contributed by atoms with Crippen molar-refractivity contribution < 1.29 is 27.1 Å². The Hall–Kier alpha value is -3.37. The zero-order valence-electron chi connectivity index (χ0n) is 18.3. The second-order valence-corrected chi connectivity index (χ2v) is 9.69. The van der Waals surface area contributed by atoms with Gasteiger partial charge in [-0.1, -0.05) is 12.1 Å². The molecule has 0 saturated carbocycles. The third-order valence-electron chi connectivity index (χ3n) is 5.58. The number of para-hydroxylation sites is 1. The molecule has 10 heteroatoms. The molecule has 2 heterocycles. The van der Waals surface area contributed by atoms with Crippen LogP contribution in [0.1, 0.15) is 21.7 Å². The van der Waals surface area contributed by atoms with Crippen molar-refractivity contribution in [1.82, 2.24) is 9.62 Å². The van der Waals surface area contributed by atoms with Crippen molar-refractivity contribution in [3.63, 3.8) is 0 Å². The van der Waals surface area contributed by atoms with Gasteiger partial charge in [-0.05, 0) is 41.8 Å². The Morgan fingerprint density at radius 1 is 1.09 bits per heavy atom. The molecule has 2 aromatic carbocycles. The summed E-state index contributed by atoms with van der Waals surface area (Å²) in [6, 6.07) is 11.4. The van der Waals surface area contributed by atoms with E-state index in [0.717, 1.165) is 17.2 Å². The number of fused-ring (bicyclic) bond motifs is 2. The van der Waals surface area contributed by atoms with Gasteiger partial charge in [-0.2, -0.15) is 4.31 Å². The number of amides is 1. The fourth-order valence-corrected chi connectivity index (χ4v) is 5.14. The number of carbonyl (C=O) groups is 1. The van der Waals surface area contributed by atoms with E-state index in [1.165, 1.54) is 11.4 Å². The van der Waals surface area contributed by atoms with Crippen LogP contribution in [0, 0.1) is 0 Å². The second-order valence-electron chi connectivity index (χ2n) is 7.60. The number of nitrogens with zero attached hydrogens (tertiary/aromatic N) is 1. The minimum atomic E-state index is -3.63. The zero-order chi connectivity index (χ0) is 23.6. The van der Waals surface area contributed by atoms with Crippen LogP contribution in [-0.2, 0) is 23.0 Å². The van der Waals surface area contributed by atoms with Crippen molar-refractivity contribution in [2.45, 2.75) is 13.0 Å². The lowest BCUT2D eigenvalue weighted by Gasteiger charge is -2.29. The first-order valence-electron chi connectivity index (χ1n) is 10.3. The molecule has 1 aliphatic heterocycles. The summed E-state index contributed by atoms with van der Waals surface area (Å²) in [6.45, 7) is 0.427. The SMILES string of the molecule is COc1cc2c(cc1OC)CN(S(=O)(=O)CCNC(=O)c1cc(=O)c3ccccc3o1)CC2. The molecule has 9 nitrogen and oxygen atoms in total. The van der Waals surface area contributed by atoms with Gasteiger partial charge in [0, 0.05) is 25.7 Å². The summed E-state index contributed by atoms with van der Waals surface area (Å²) in [5.74, 6) is 0.0623. The maximum atomic E-state index is 12.9. The van der Waals surface area contributed by atoms with E-state index in [2.05, 4.69) is 5.32 Å². The van der Waals surface area contributed by atoms with Crippen LogP contribution in [0.5, 0.6) is 11.5 Å². The van der Waals surface area contributed by atoms with Crippen LogP contribution >= 0.6 is 0 Å². The molecule has 0 bridgehead atoms. The molecule has 0 fully saturated rings. The molecule has 1 aliphatic rings. The number of hydrogen-bond acceptors (Lipinski definition) is 7. The Labute approximate surface area is 191 Å². The Bertz CT molecular complexity index is 1360. The smallest absolute Gasteiger partial charge is 0.287 e. The summed E-state index contributed by atoms with van der Waals surface area (Å²) in [5, 5.41) is 2.90. The second kappa shape index (κ2) is 9.24. The molecule has 3 aromatic rings. The summed E-state index contributed by atoms with van der Waals surface area (Å²) in [4.78, 5) is 24.6. The molecule has 0 aliphatic carbocycles. The third kappa shape index (κ3) is 4.71. The standard InChI is InChI=1S/C23H24N2O7S/c1-30-20-11-15-7-9-25(14-16(15)12-21(20)31-2)33(28,29)10-8-24-23(27)22-13-18(26)17-5-3-4-6-19(17)32-22/h3-6,11-13H,7-10,14H2,1-2H3,(H,24,27). The molecule has 1 aromatic heterocycles. The van der Waals surface area contributed by atoms with Gasteiger partial charge in [-0.3, -0.25) is 9.59 Å². The average Bonchev–Trinajstić information content (AvgIpc) is 2.82. The molecule has 174 valence electrons. The lowest BCUT2D eigenvalue weighted by molar-refractivity contribution is 0.0929. The van der Waals surface area contributed by atoms with Gasteiger partial charge in [0.1, 0.15) is 5.58 Å². The van der Waals surface area contributed by atoms with Crippen LogP contribution in [0.25, 0.3) is 11.0 Å². The van der Waals surface area contributed by atoms with E-state index in [9.17, 15) is 18.0 Å². The Morgan fingerprint density at radius 2 is 1.79 bits per heavy atom. The van der Waals surface area contributed by atoms with Crippen molar-refractivity contribution in [3.8, 4) is 11.5 Å². The van der Waals surface area contributed by atoms with E-state index in [1.807, 2.05) is 6.07 Å². The molecule has 0 spiro atoms. The summed E-state index contributed by atoms with van der Waals surface area (Å²) >= 11 is 0. The van der Waals surface area contributed by atoms with Gasteiger partial charge in [0.2, 0.25) is 10.0 Å². The molecule has 4 rings (SSSR count). The first-order chi connectivity index (χ1) is 15.8. The van der Waals surface area contributed by atoms with Crippen LogP contribution in [0.15, 0.2) is 51.7 Å². The molecule has 0 radical (unpaired) electrons. The highest BCUT2D eigenvalue weighted by Crippen LogP contribution is 2.33. The maximum Gasteiger partial charge on any atom is 0.287 e. The number of nitrogens with one attached hydrogen (secondary N) is 1. The Morgan fingerprint density at radius 3 is 2.52 bits per heavy atom. The Kier molecular flexibility index (Phi) is 6.39. The first kappa shape index (κ1) is 22.8. The topological polar surface area (TPSA) is 115 Å². The minimum Gasteiger partial charge on any atom is -0.493 e. The van der Waals surface area contributed by atoms with Gasteiger partial charge in [-0.25, -0.2) is 8.42 Å². The molecule has 1 N–H and O–H groups in total. The van der Waals surface area contributed by atoms with Crippen molar-refractivity contribution in [3.05, 3.63) is 69.6 Å². The molecule has 0 unspecified atom stereocenters. The van der Waals surface area contributed by atoms with Crippen molar-refractivity contribution >= 4 is 26.9 Å². The number of ether oxygens (including phenoxy) is 2. The molecule has 1 amide bonds. The summed E-state index contributed by atoms with van der Waals surface area (Å²) in [5.41, 5.74) is 1.82. The van der Waals surface area contributed by atoms with E-state index in [0.29, 0.717) is 35.4 Å². The van der Waals surface area contributed by atoms with E-state index >= 15 is 0 Å². The lowest BCUT2D eigenvalue weighted by Crippen LogP contribution is -2.40. The maximum absolute atomic E-state index is 12.9. The fourth-order valence-electron chi connectivity index (χ4n) is 3.82. The van der Waals surface area contributed by atoms with Crippen LogP contribution in [0.2, 0.25) is 0 Å². The number of sulfonamides is 1. The molecule has 0 saturated heterocycles. The van der Waals surface area contributed by atoms with Crippen LogP contribution in [0.4, 0.5) is 0 Å². The predicted molar refractivity (Wildman–Crippen MR) is 122 cm³/mol. The molecule has 33 heavy (non-hydrogen) atoms. The van der Waals surface area contributed by atoms with E-state index < -0.39 is 15.9 Å². The highest BCUT2D eigenvalue weighted by Gasteiger charge is 2.28. The summed E-state index contributed by atoms with van der Waals surface area (Å²) in [6.07, 6.45) is 0.545. The van der Waals surface area contributed by atoms with Gasteiger partial charge >= 0.3 is 0 Å². The quantitative estimate of drug-likeness (QED) is 0.559. The monoisotopic (exact) mass is 472 g/mol. The van der Waals surface area contributed by atoms with Gasteiger partial charge < -0.3 is 19.2 Å². The molecule has 0 atom stereocenters. The first-order valence-corrected chi connectivity index (χ1v) is 12.0. The minimum absolute atomic E-state index is 0.118. The number of hydrogen-bond donors (Lipinski definition) is 1. The average molecular weight is 473 g/mol. The molecular weight excluding hydrogens is 448 g/mol. The van der Waals surface area contributed by atoms with Gasteiger partial charge in [0.25, 0.3) is 5.91 Å². The summed E-state index contributed by atoms with van der Waals surface area (Å²) < 4.78 is 43.2. The summed E-state index contributed by atoms with van der Waals surface area (Å²) in [7, 11) is -0.541. The number of methoxy groups -OCH3 is 2. The highest BCUT2D eigenvalue weighted by molar-refractivity contribution is 7.89. The molecular formula is C23H24N2O7S. The van der Waals surface area contributed by atoms with Gasteiger partial charge in [0.15, 0.2) is 22.7 Å².